The molecule has 98 valence electrons. The van der Waals surface area contributed by atoms with Gasteiger partial charge in [-0.3, -0.25) is 4.79 Å². The Morgan fingerprint density at radius 2 is 2.00 bits per heavy atom. The third kappa shape index (κ3) is 3.56. The molecule has 4 nitrogen and oxygen atoms in total. The average molecular weight is 257 g/mol. The highest BCUT2D eigenvalue weighted by molar-refractivity contribution is 5.93. The predicted molar refractivity (Wildman–Crippen MR) is 73.4 cm³/mol. The van der Waals surface area contributed by atoms with Crippen LogP contribution in [0, 0.1) is 6.92 Å². The van der Waals surface area contributed by atoms with Crippen LogP contribution >= 0.6 is 0 Å². The van der Waals surface area contributed by atoms with Crippen molar-refractivity contribution in [3.8, 4) is 11.5 Å². The number of aliphatic hydroxyl groups excluding tert-OH is 1. The maximum Gasteiger partial charge on any atom is 0.250 e. The van der Waals surface area contributed by atoms with Gasteiger partial charge in [-0.15, -0.1) is 0 Å². The molecule has 0 aromatic heterocycles. The number of para-hydroxylation sites is 2. The van der Waals surface area contributed by atoms with Crippen LogP contribution in [-0.2, 0) is 4.79 Å². The van der Waals surface area contributed by atoms with Gasteiger partial charge in [0, 0.05) is 0 Å². The molecule has 2 rings (SSSR count). The van der Waals surface area contributed by atoms with Crippen LogP contribution in [-0.4, -0.2) is 17.6 Å². The summed E-state index contributed by atoms with van der Waals surface area (Å²) in [6, 6.07) is 14.7. The molecule has 0 atom stereocenters. The first-order valence-electron chi connectivity index (χ1n) is 5.93. The molecule has 1 amide bonds. The zero-order valence-electron chi connectivity index (χ0n) is 10.6. The molecule has 0 aliphatic carbocycles. The summed E-state index contributed by atoms with van der Waals surface area (Å²) in [7, 11) is 0. The Hall–Kier alpha value is -2.33. The van der Waals surface area contributed by atoms with E-state index in [4.69, 9.17) is 9.84 Å². The number of hydrogen-bond acceptors (Lipinski definition) is 3. The number of anilines is 1. The van der Waals surface area contributed by atoms with Crippen LogP contribution in [0.2, 0.25) is 0 Å². The van der Waals surface area contributed by atoms with E-state index in [9.17, 15) is 4.79 Å². The van der Waals surface area contributed by atoms with E-state index in [1.54, 1.807) is 18.2 Å². The van der Waals surface area contributed by atoms with Gasteiger partial charge in [-0.25, -0.2) is 0 Å². The second-order valence-electron chi connectivity index (χ2n) is 4.12. The van der Waals surface area contributed by atoms with Gasteiger partial charge in [0.1, 0.15) is 12.4 Å². The fourth-order valence-corrected chi connectivity index (χ4v) is 1.65. The third-order valence-electron chi connectivity index (χ3n) is 2.52. The Labute approximate surface area is 111 Å². The van der Waals surface area contributed by atoms with Gasteiger partial charge in [0.2, 0.25) is 5.91 Å². The maximum absolute atomic E-state index is 11.2. The Morgan fingerprint density at radius 3 is 2.74 bits per heavy atom. The lowest BCUT2D eigenvalue weighted by atomic mass is 10.2. The van der Waals surface area contributed by atoms with Crippen molar-refractivity contribution in [2.24, 2.45) is 0 Å². The van der Waals surface area contributed by atoms with Gasteiger partial charge >= 0.3 is 0 Å². The SMILES string of the molecule is Cc1cccc(Oc2ccccc2NC(=O)CO)c1. The number of rotatable bonds is 4. The summed E-state index contributed by atoms with van der Waals surface area (Å²) in [5.74, 6) is 0.765. The molecule has 0 fully saturated rings. The second kappa shape index (κ2) is 6.02. The summed E-state index contributed by atoms with van der Waals surface area (Å²) in [4.78, 5) is 11.2. The number of nitrogens with one attached hydrogen (secondary N) is 1. The van der Waals surface area contributed by atoms with Crippen molar-refractivity contribution in [3.05, 3.63) is 54.1 Å². The molecule has 19 heavy (non-hydrogen) atoms. The van der Waals surface area contributed by atoms with Crippen LogP contribution in [0.15, 0.2) is 48.5 Å². The molecule has 0 heterocycles. The Bertz CT molecular complexity index is 581. The highest BCUT2D eigenvalue weighted by Crippen LogP contribution is 2.29. The van der Waals surface area contributed by atoms with Crippen LogP contribution in [0.25, 0.3) is 0 Å². The lowest BCUT2D eigenvalue weighted by molar-refractivity contribution is -0.118. The smallest absolute Gasteiger partial charge is 0.250 e. The lowest BCUT2D eigenvalue weighted by Crippen LogP contribution is -2.15. The molecule has 0 saturated carbocycles. The summed E-state index contributed by atoms with van der Waals surface area (Å²) in [5, 5.41) is 11.3. The molecule has 0 spiro atoms. The summed E-state index contributed by atoms with van der Waals surface area (Å²) in [6.45, 7) is 1.42. The second-order valence-corrected chi connectivity index (χ2v) is 4.12. The van der Waals surface area contributed by atoms with Crippen molar-refractivity contribution >= 4 is 11.6 Å². The van der Waals surface area contributed by atoms with Crippen LogP contribution in [0.5, 0.6) is 11.5 Å². The van der Waals surface area contributed by atoms with Gasteiger partial charge in [0.25, 0.3) is 0 Å². The van der Waals surface area contributed by atoms with E-state index >= 15 is 0 Å². The van der Waals surface area contributed by atoms with Crippen molar-refractivity contribution in [2.75, 3.05) is 11.9 Å². The van der Waals surface area contributed by atoms with Crippen LogP contribution in [0.4, 0.5) is 5.69 Å². The minimum absolute atomic E-state index is 0.472. The number of amides is 1. The lowest BCUT2D eigenvalue weighted by Gasteiger charge is -2.11. The minimum atomic E-state index is -0.557. The zero-order valence-corrected chi connectivity index (χ0v) is 10.6. The van der Waals surface area contributed by atoms with Crippen molar-refractivity contribution in [1.82, 2.24) is 0 Å². The zero-order chi connectivity index (χ0) is 13.7. The van der Waals surface area contributed by atoms with E-state index in [1.165, 1.54) is 0 Å². The average Bonchev–Trinajstić information content (AvgIpc) is 2.41. The first-order valence-corrected chi connectivity index (χ1v) is 5.93. The van der Waals surface area contributed by atoms with Crippen molar-refractivity contribution < 1.29 is 14.6 Å². The molecule has 0 bridgehead atoms. The fraction of sp³-hybridized carbons (Fsp3) is 0.133. The Morgan fingerprint density at radius 1 is 1.21 bits per heavy atom. The number of aryl methyl sites for hydroxylation is 1. The standard InChI is InChI=1S/C15H15NO3/c1-11-5-4-6-12(9-11)19-14-8-3-2-7-13(14)16-15(18)10-17/h2-9,17H,10H2,1H3,(H,16,18). The largest absolute Gasteiger partial charge is 0.455 e. The van der Waals surface area contributed by atoms with Gasteiger partial charge in [0.05, 0.1) is 5.69 Å². The summed E-state index contributed by atoms with van der Waals surface area (Å²) < 4.78 is 5.74. The van der Waals surface area contributed by atoms with Crippen LogP contribution in [0.3, 0.4) is 0 Å². The summed E-state index contributed by atoms with van der Waals surface area (Å²) >= 11 is 0. The van der Waals surface area contributed by atoms with Gasteiger partial charge in [-0.05, 0) is 36.8 Å². The van der Waals surface area contributed by atoms with Gasteiger partial charge in [-0.2, -0.15) is 0 Å². The maximum atomic E-state index is 11.2. The Balaban J connectivity index is 2.22. The third-order valence-corrected chi connectivity index (χ3v) is 2.52. The molecule has 2 aromatic rings. The van der Waals surface area contributed by atoms with Crippen molar-refractivity contribution in [1.29, 1.82) is 0 Å². The summed E-state index contributed by atoms with van der Waals surface area (Å²) in [5.41, 5.74) is 1.62. The molecule has 0 unspecified atom stereocenters. The molecule has 0 aliphatic rings. The van der Waals surface area contributed by atoms with Gasteiger partial charge < -0.3 is 15.2 Å². The number of hydrogen-bond donors (Lipinski definition) is 2. The molecule has 2 aromatic carbocycles. The van der Waals surface area contributed by atoms with E-state index in [0.717, 1.165) is 5.56 Å². The van der Waals surface area contributed by atoms with Crippen LogP contribution < -0.4 is 10.1 Å². The molecule has 4 heteroatoms. The van der Waals surface area contributed by atoms with Crippen LogP contribution in [0.1, 0.15) is 5.56 Å². The molecular weight excluding hydrogens is 242 g/mol. The number of carbonyl (C=O) groups is 1. The predicted octanol–water partition coefficient (Wildman–Crippen LogP) is 2.72. The highest BCUT2D eigenvalue weighted by Gasteiger charge is 2.07. The number of benzene rings is 2. The monoisotopic (exact) mass is 257 g/mol. The minimum Gasteiger partial charge on any atom is -0.455 e. The summed E-state index contributed by atoms with van der Waals surface area (Å²) in [6.07, 6.45) is 0. The fourth-order valence-electron chi connectivity index (χ4n) is 1.65. The van der Waals surface area contributed by atoms with E-state index in [1.807, 2.05) is 37.3 Å². The topological polar surface area (TPSA) is 58.6 Å². The molecular formula is C15H15NO3. The molecule has 2 N–H and O–H groups in total. The first kappa shape index (κ1) is 13.1. The highest BCUT2D eigenvalue weighted by atomic mass is 16.5. The van der Waals surface area contributed by atoms with E-state index in [-0.39, 0.29) is 0 Å². The van der Waals surface area contributed by atoms with Crippen molar-refractivity contribution in [2.45, 2.75) is 6.92 Å². The molecule has 0 radical (unpaired) electrons. The molecule has 0 saturated heterocycles. The van der Waals surface area contributed by atoms with E-state index in [0.29, 0.717) is 17.2 Å². The quantitative estimate of drug-likeness (QED) is 0.885. The van der Waals surface area contributed by atoms with E-state index < -0.39 is 12.5 Å². The number of ether oxygens (including phenoxy) is 1. The number of aliphatic hydroxyl groups is 1. The van der Waals surface area contributed by atoms with Gasteiger partial charge in [0.15, 0.2) is 5.75 Å². The van der Waals surface area contributed by atoms with Crippen molar-refractivity contribution in [3.63, 3.8) is 0 Å². The number of carbonyl (C=O) groups excluding carboxylic acids is 1. The van der Waals surface area contributed by atoms with Gasteiger partial charge in [-0.1, -0.05) is 24.3 Å². The van der Waals surface area contributed by atoms with E-state index in [2.05, 4.69) is 5.32 Å². The normalized spacial score (nSPS) is 10.0. The Kier molecular flexibility index (Phi) is 4.15. The molecule has 0 aliphatic heterocycles. The first-order chi connectivity index (χ1) is 9.19.